The molecule has 0 aromatic heterocycles. The number of hydrogen-bond donors (Lipinski definition) is 2. The van der Waals surface area contributed by atoms with Crippen molar-refractivity contribution in [3.8, 4) is 5.75 Å². The molecular weight excluding hydrogens is 387 g/mol. The highest BCUT2D eigenvalue weighted by Gasteiger charge is 2.45. The molecule has 30 heavy (non-hydrogen) atoms. The fraction of sp³-hybridized carbons (Fsp3) is 0.304. The van der Waals surface area contributed by atoms with Crippen LogP contribution in [0.4, 0.5) is 4.39 Å². The third-order valence-electron chi connectivity index (χ3n) is 5.16. The molecule has 1 aliphatic rings. The molecule has 1 heterocycles. The van der Waals surface area contributed by atoms with Gasteiger partial charge in [0, 0.05) is 18.5 Å². The number of aliphatic hydroxyl groups excluding tert-OH is 1. The highest BCUT2D eigenvalue weighted by atomic mass is 19.1. The first-order chi connectivity index (χ1) is 14.3. The Morgan fingerprint density at radius 1 is 1.10 bits per heavy atom. The van der Waals surface area contributed by atoms with Crippen LogP contribution in [0.25, 0.3) is 5.76 Å². The van der Waals surface area contributed by atoms with E-state index < -0.39 is 23.5 Å². The summed E-state index contributed by atoms with van der Waals surface area (Å²) in [5.41, 5.74) is 0.982. The quantitative estimate of drug-likeness (QED) is 0.413. The third kappa shape index (κ3) is 4.36. The van der Waals surface area contributed by atoms with E-state index in [2.05, 4.69) is 0 Å². The zero-order valence-corrected chi connectivity index (χ0v) is 17.3. The number of carbonyl (C=O) groups is 2. The molecule has 1 fully saturated rings. The highest BCUT2D eigenvalue weighted by Crippen LogP contribution is 2.39. The van der Waals surface area contributed by atoms with E-state index >= 15 is 0 Å². The second kappa shape index (κ2) is 9.09. The second-order valence-electron chi connectivity index (χ2n) is 7.58. The van der Waals surface area contributed by atoms with Crippen LogP contribution in [-0.4, -0.2) is 56.0 Å². The van der Waals surface area contributed by atoms with Crippen LogP contribution in [0.15, 0.2) is 54.1 Å². The monoisotopic (exact) mass is 413 g/mol. The molecule has 0 aliphatic carbocycles. The Balaban J connectivity index is 2.06. The zero-order valence-electron chi connectivity index (χ0n) is 17.3. The molecule has 0 unspecified atom stereocenters. The number of halogens is 1. The fourth-order valence-corrected chi connectivity index (χ4v) is 3.61. The normalized spacial score (nSPS) is 18.3. The standard InChI is InChI=1S/C23H25FN2O4/c1-25(2)13-4-14-26-20(15-5-9-17(24)10-6-15)19(22(28)23(26)29)21(27)16-7-11-18(30-3)12-8-16/h5-12,20,27H,4,13-14H2,1-3H3/p+1/t20-/m1/s1. The van der Waals surface area contributed by atoms with Crippen molar-refractivity contribution in [3.63, 3.8) is 0 Å². The van der Waals surface area contributed by atoms with Gasteiger partial charge in [0.15, 0.2) is 0 Å². The molecule has 0 spiro atoms. The maximum Gasteiger partial charge on any atom is 0.295 e. The Morgan fingerprint density at radius 3 is 2.30 bits per heavy atom. The van der Waals surface area contributed by atoms with E-state index in [1.807, 2.05) is 14.1 Å². The number of amides is 1. The number of methoxy groups -OCH3 is 1. The molecule has 3 rings (SSSR count). The van der Waals surface area contributed by atoms with Crippen LogP contribution in [-0.2, 0) is 9.59 Å². The summed E-state index contributed by atoms with van der Waals surface area (Å²) in [6.45, 7) is 1.18. The van der Waals surface area contributed by atoms with Gasteiger partial charge in [0.25, 0.3) is 11.7 Å². The SMILES string of the molecule is COc1ccc(C(O)=C2C(=O)C(=O)N(CCC[NH+](C)C)[C@@H]2c2ccc(F)cc2)cc1. The highest BCUT2D eigenvalue weighted by molar-refractivity contribution is 6.46. The number of ketones is 1. The smallest absolute Gasteiger partial charge is 0.295 e. The van der Waals surface area contributed by atoms with Crippen molar-refractivity contribution < 1.29 is 28.7 Å². The van der Waals surface area contributed by atoms with Crippen molar-refractivity contribution >= 4 is 17.4 Å². The summed E-state index contributed by atoms with van der Waals surface area (Å²) < 4.78 is 18.6. The summed E-state index contributed by atoms with van der Waals surface area (Å²) in [4.78, 5) is 28.4. The minimum Gasteiger partial charge on any atom is -0.507 e. The Morgan fingerprint density at radius 2 is 1.73 bits per heavy atom. The number of aliphatic hydroxyl groups is 1. The lowest BCUT2D eigenvalue weighted by molar-refractivity contribution is -0.858. The van der Waals surface area contributed by atoms with Gasteiger partial charge in [-0.05, 0) is 42.0 Å². The van der Waals surface area contributed by atoms with Crippen LogP contribution in [0.5, 0.6) is 5.75 Å². The number of nitrogens with zero attached hydrogens (tertiary/aromatic N) is 1. The van der Waals surface area contributed by atoms with E-state index in [-0.39, 0.29) is 11.3 Å². The van der Waals surface area contributed by atoms with Gasteiger partial charge in [-0.2, -0.15) is 0 Å². The maximum atomic E-state index is 13.5. The molecule has 0 radical (unpaired) electrons. The number of hydrogen-bond acceptors (Lipinski definition) is 4. The lowest BCUT2D eigenvalue weighted by Crippen LogP contribution is -3.05. The summed E-state index contributed by atoms with van der Waals surface area (Å²) in [5, 5.41) is 11.0. The van der Waals surface area contributed by atoms with Crippen molar-refractivity contribution in [2.24, 2.45) is 0 Å². The van der Waals surface area contributed by atoms with E-state index in [4.69, 9.17) is 4.74 Å². The number of benzene rings is 2. The van der Waals surface area contributed by atoms with Crippen molar-refractivity contribution in [1.29, 1.82) is 0 Å². The van der Waals surface area contributed by atoms with Gasteiger partial charge in [-0.15, -0.1) is 0 Å². The summed E-state index contributed by atoms with van der Waals surface area (Å²) in [5.74, 6) is -1.47. The molecule has 1 saturated heterocycles. The first kappa shape index (κ1) is 21.5. The van der Waals surface area contributed by atoms with Gasteiger partial charge in [-0.25, -0.2) is 4.39 Å². The minimum atomic E-state index is -0.773. The van der Waals surface area contributed by atoms with Crippen LogP contribution < -0.4 is 9.64 Å². The molecule has 2 N–H and O–H groups in total. The lowest BCUT2D eigenvalue weighted by Gasteiger charge is -2.25. The van der Waals surface area contributed by atoms with Crippen molar-refractivity contribution in [3.05, 3.63) is 71.0 Å². The molecule has 1 aliphatic heterocycles. The predicted octanol–water partition coefficient (Wildman–Crippen LogP) is 1.79. The van der Waals surface area contributed by atoms with Gasteiger partial charge in [0.2, 0.25) is 0 Å². The van der Waals surface area contributed by atoms with E-state index in [0.717, 1.165) is 6.54 Å². The van der Waals surface area contributed by atoms with Gasteiger partial charge in [0.05, 0.1) is 39.4 Å². The van der Waals surface area contributed by atoms with Crippen LogP contribution in [0.1, 0.15) is 23.6 Å². The number of Topliss-reactive ketones (excluding diaryl/α,β-unsaturated/α-hetero) is 1. The number of quaternary nitrogens is 1. The Kier molecular flexibility index (Phi) is 6.52. The summed E-state index contributed by atoms with van der Waals surface area (Å²) >= 11 is 0. The first-order valence-electron chi connectivity index (χ1n) is 9.80. The predicted molar refractivity (Wildman–Crippen MR) is 111 cm³/mol. The molecular formula is C23H26FN2O4+. The molecule has 1 amide bonds. The van der Waals surface area contributed by atoms with E-state index in [0.29, 0.717) is 29.8 Å². The van der Waals surface area contributed by atoms with Gasteiger partial charge in [-0.3, -0.25) is 9.59 Å². The largest absolute Gasteiger partial charge is 0.507 e. The Labute approximate surface area is 175 Å². The third-order valence-corrected chi connectivity index (χ3v) is 5.16. The number of nitrogens with one attached hydrogen (secondary N) is 1. The molecule has 1 atom stereocenters. The Hall–Kier alpha value is -3.19. The summed E-state index contributed by atoms with van der Waals surface area (Å²) in [7, 11) is 5.55. The van der Waals surface area contributed by atoms with Gasteiger partial charge < -0.3 is 19.6 Å². The van der Waals surface area contributed by atoms with E-state index in [1.165, 1.54) is 41.2 Å². The van der Waals surface area contributed by atoms with E-state index in [1.54, 1.807) is 24.3 Å². The van der Waals surface area contributed by atoms with Crippen LogP contribution in [0, 0.1) is 5.82 Å². The van der Waals surface area contributed by atoms with Crippen molar-refractivity contribution in [2.45, 2.75) is 12.5 Å². The van der Waals surface area contributed by atoms with Crippen molar-refractivity contribution in [2.75, 3.05) is 34.3 Å². The van der Waals surface area contributed by atoms with Crippen molar-refractivity contribution in [1.82, 2.24) is 4.90 Å². The number of ether oxygens (including phenoxy) is 1. The fourth-order valence-electron chi connectivity index (χ4n) is 3.61. The number of carbonyl (C=O) groups excluding carboxylic acids is 2. The number of likely N-dealkylation sites (tertiary alicyclic amines) is 1. The van der Waals surface area contributed by atoms with Crippen LogP contribution >= 0.6 is 0 Å². The van der Waals surface area contributed by atoms with Crippen LogP contribution in [0.3, 0.4) is 0 Å². The van der Waals surface area contributed by atoms with E-state index in [9.17, 15) is 19.1 Å². The van der Waals surface area contributed by atoms with Gasteiger partial charge in [-0.1, -0.05) is 12.1 Å². The molecule has 0 bridgehead atoms. The topological polar surface area (TPSA) is 71.3 Å². The lowest BCUT2D eigenvalue weighted by atomic mass is 9.95. The molecule has 2 aromatic rings. The van der Waals surface area contributed by atoms with Gasteiger partial charge >= 0.3 is 0 Å². The molecule has 7 heteroatoms. The van der Waals surface area contributed by atoms with Gasteiger partial charge in [0.1, 0.15) is 17.3 Å². The molecule has 0 saturated carbocycles. The molecule has 6 nitrogen and oxygen atoms in total. The van der Waals surface area contributed by atoms with Crippen LogP contribution in [0.2, 0.25) is 0 Å². The first-order valence-corrected chi connectivity index (χ1v) is 9.80. The molecule has 2 aromatic carbocycles. The Bertz CT molecular complexity index is 952. The maximum absolute atomic E-state index is 13.5. The minimum absolute atomic E-state index is 0.00831. The summed E-state index contributed by atoms with van der Waals surface area (Å²) in [6.07, 6.45) is 0.690. The average molecular weight is 413 g/mol. The second-order valence-corrected chi connectivity index (χ2v) is 7.58. The zero-order chi connectivity index (χ0) is 21.8. The average Bonchev–Trinajstić information content (AvgIpc) is 2.98. The summed E-state index contributed by atoms with van der Waals surface area (Å²) in [6, 6.07) is 11.5. The molecule has 158 valence electrons. The number of rotatable bonds is 7.